The third kappa shape index (κ3) is 2.38. The van der Waals surface area contributed by atoms with Crippen molar-refractivity contribution in [3.63, 3.8) is 0 Å². The number of aliphatic hydroxyl groups excluding tert-OH is 1. The summed E-state index contributed by atoms with van der Waals surface area (Å²) in [5.41, 5.74) is 9.75. The van der Waals surface area contributed by atoms with Gasteiger partial charge < -0.3 is 10.8 Å². The lowest BCUT2D eigenvalue weighted by atomic mass is 10.1. The molecule has 0 unspecified atom stereocenters. The number of nitrogens with zero attached hydrogens (tertiary/aromatic N) is 2. The van der Waals surface area contributed by atoms with Gasteiger partial charge in [0.25, 0.3) is 0 Å². The van der Waals surface area contributed by atoms with Gasteiger partial charge in [-0.15, -0.1) is 0 Å². The lowest BCUT2D eigenvalue weighted by molar-refractivity contribution is 0.268. The molecule has 0 aliphatic heterocycles. The van der Waals surface area contributed by atoms with E-state index in [4.69, 9.17) is 10.8 Å². The lowest BCUT2D eigenvalue weighted by Crippen LogP contribution is -2.14. The number of aryl methyl sites for hydroxylation is 2. The first kappa shape index (κ1) is 11.8. The number of hydrogen-bond acceptors (Lipinski definition) is 3. The van der Waals surface area contributed by atoms with E-state index in [9.17, 15) is 0 Å². The molecule has 0 saturated carbocycles. The zero-order valence-electron chi connectivity index (χ0n) is 10.1. The van der Waals surface area contributed by atoms with Gasteiger partial charge in [-0.05, 0) is 37.6 Å². The van der Waals surface area contributed by atoms with E-state index in [1.807, 2.05) is 48.9 Å². The second-order valence-electron chi connectivity index (χ2n) is 4.22. The highest BCUT2D eigenvalue weighted by atomic mass is 16.3. The minimum absolute atomic E-state index is 0.0550. The predicted octanol–water partition coefficient (Wildman–Crippen LogP) is 1.48. The van der Waals surface area contributed by atoms with E-state index in [-0.39, 0.29) is 12.6 Å². The molecule has 0 radical (unpaired) electrons. The first-order valence-corrected chi connectivity index (χ1v) is 5.62. The Morgan fingerprint density at radius 1 is 1.35 bits per heavy atom. The van der Waals surface area contributed by atoms with E-state index in [0.717, 1.165) is 22.6 Å². The van der Waals surface area contributed by atoms with Gasteiger partial charge in [0.15, 0.2) is 0 Å². The van der Waals surface area contributed by atoms with E-state index < -0.39 is 0 Å². The molecule has 0 aliphatic rings. The van der Waals surface area contributed by atoms with Crippen LogP contribution in [0.1, 0.15) is 23.0 Å². The van der Waals surface area contributed by atoms with Gasteiger partial charge >= 0.3 is 0 Å². The van der Waals surface area contributed by atoms with Gasteiger partial charge in [-0.2, -0.15) is 5.10 Å². The average Bonchev–Trinajstić information content (AvgIpc) is 2.67. The first-order chi connectivity index (χ1) is 8.11. The second-order valence-corrected chi connectivity index (χ2v) is 4.22. The molecule has 0 amide bonds. The standard InChI is InChI=1S/C13H17N3O/c1-9-6-10(2)16(15-9)12-5-3-4-11(7-12)13(14)8-17/h3-7,13,17H,8,14H2,1-2H3/t13-/m1/s1. The van der Waals surface area contributed by atoms with Gasteiger partial charge in [0.1, 0.15) is 0 Å². The summed E-state index contributed by atoms with van der Waals surface area (Å²) < 4.78 is 1.88. The molecular weight excluding hydrogens is 214 g/mol. The van der Waals surface area contributed by atoms with E-state index in [1.165, 1.54) is 0 Å². The minimum Gasteiger partial charge on any atom is -0.394 e. The maximum Gasteiger partial charge on any atom is 0.0652 e. The molecule has 1 aromatic carbocycles. The second kappa shape index (κ2) is 4.69. The fourth-order valence-electron chi connectivity index (χ4n) is 1.88. The van der Waals surface area contributed by atoms with E-state index in [0.29, 0.717) is 0 Å². The molecule has 2 aromatic rings. The number of aromatic nitrogens is 2. The third-order valence-electron chi connectivity index (χ3n) is 2.75. The van der Waals surface area contributed by atoms with Gasteiger partial charge in [0.2, 0.25) is 0 Å². The molecule has 0 fully saturated rings. The maximum absolute atomic E-state index is 9.06. The molecule has 17 heavy (non-hydrogen) atoms. The van der Waals surface area contributed by atoms with Crippen molar-refractivity contribution >= 4 is 0 Å². The van der Waals surface area contributed by atoms with Gasteiger partial charge in [-0.3, -0.25) is 0 Å². The van der Waals surface area contributed by atoms with Crippen molar-refractivity contribution in [3.05, 3.63) is 47.3 Å². The van der Waals surface area contributed by atoms with Crippen molar-refractivity contribution in [2.75, 3.05) is 6.61 Å². The SMILES string of the molecule is Cc1cc(C)n(-c2cccc([C@H](N)CO)c2)n1. The molecule has 1 heterocycles. The van der Waals surface area contributed by atoms with Gasteiger partial charge in [-0.1, -0.05) is 12.1 Å². The molecule has 0 saturated heterocycles. The Balaban J connectivity index is 2.43. The van der Waals surface area contributed by atoms with Gasteiger partial charge in [0.05, 0.1) is 24.0 Å². The summed E-state index contributed by atoms with van der Waals surface area (Å²) in [6.45, 7) is 3.92. The molecule has 0 aliphatic carbocycles. The van der Waals surface area contributed by atoms with Crippen LogP contribution in [-0.2, 0) is 0 Å². The first-order valence-electron chi connectivity index (χ1n) is 5.62. The Morgan fingerprint density at radius 2 is 2.12 bits per heavy atom. The smallest absolute Gasteiger partial charge is 0.0652 e. The summed E-state index contributed by atoms with van der Waals surface area (Å²) in [6.07, 6.45) is 0. The largest absolute Gasteiger partial charge is 0.394 e. The zero-order valence-corrected chi connectivity index (χ0v) is 10.1. The van der Waals surface area contributed by atoms with Crippen LogP contribution >= 0.6 is 0 Å². The van der Waals surface area contributed by atoms with Gasteiger partial charge in [0, 0.05) is 5.69 Å². The Bertz CT molecular complexity index is 519. The van der Waals surface area contributed by atoms with Crippen molar-refractivity contribution in [3.8, 4) is 5.69 Å². The molecule has 90 valence electrons. The molecule has 4 heteroatoms. The number of rotatable bonds is 3. The Labute approximate surface area is 101 Å². The third-order valence-corrected chi connectivity index (χ3v) is 2.75. The van der Waals surface area contributed by atoms with Crippen molar-refractivity contribution < 1.29 is 5.11 Å². The Kier molecular flexibility index (Phi) is 3.26. The van der Waals surface area contributed by atoms with Crippen LogP contribution in [0.2, 0.25) is 0 Å². The predicted molar refractivity (Wildman–Crippen MR) is 67.1 cm³/mol. The lowest BCUT2D eigenvalue weighted by Gasteiger charge is -2.11. The highest BCUT2D eigenvalue weighted by Crippen LogP contribution is 2.17. The molecule has 1 atom stereocenters. The van der Waals surface area contributed by atoms with Crippen LogP contribution in [0.5, 0.6) is 0 Å². The molecule has 4 nitrogen and oxygen atoms in total. The van der Waals surface area contributed by atoms with Crippen LogP contribution in [0.25, 0.3) is 5.69 Å². The topological polar surface area (TPSA) is 64.1 Å². The number of benzene rings is 1. The number of aliphatic hydroxyl groups is 1. The van der Waals surface area contributed by atoms with Crippen LogP contribution < -0.4 is 5.73 Å². The normalized spacial score (nSPS) is 12.7. The molecule has 0 spiro atoms. The highest BCUT2D eigenvalue weighted by molar-refractivity contribution is 5.38. The zero-order chi connectivity index (χ0) is 12.4. The van der Waals surface area contributed by atoms with Crippen LogP contribution in [-0.4, -0.2) is 21.5 Å². The van der Waals surface area contributed by atoms with Crippen molar-refractivity contribution in [2.45, 2.75) is 19.9 Å². The summed E-state index contributed by atoms with van der Waals surface area (Å²) >= 11 is 0. The van der Waals surface area contributed by atoms with E-state index in [2.05, 4.69) is 5.10 Å². The fraction of sp³-hybridized carbons (Fsp3) is 0.308. The molecule has 1 aromatic heterocycles. The number of hydrogen-bond donors (Lipinski definition) is 2. The molecule has 0 bridgehead atoms. The average molecular weight is 231 g/mol. The summed E-state index contributed by atoms with van der Waals surface area (Å²) in [5, 5.41) is 13.5. The summed E-state index contributed by atoms with van der Waals surface area (Å²) in [6, 6.07) is 9.46. The molecule has 3 N–H and O–H groups in total. The van der Waals surface area contributed by atoms with Gasteiger partial charge in [-0.25, -0.2) is 4.68 Å². The summed E-state index contributed by atoms with van der Waals surface area (Å²) in [5.74, 6) is 0. The Hall–Kier alpha value is -1.65. The monoisotopic (exact) mass is 231 g/mol. The molecule has 2 rings (SSSR count). The Morgan fingerprint density at radius 3 is 2.71 bits per heavy atom. The summed E-state index contributed by atoms with van der Waals surface area (Å²) in [7, 11) is 0. The fourth-order valence-corrected chi connectivity index (χ4v) is 1.88. The van der Waals surface area contributed by atoms with Crippen LogP contribution in [0, 0.1) is 13.8 Å². The molecular formula is C13H17N3O. The highest BCUT2D eigenvalue weighted by Gasteiger charge is 2.08. The van der Waals surface area contributed by atoms with Crippen molar-refractivity contribution in [1.82, 2.24) is 9.78 Å². The van der Waals surface area contributed by atoms with E-state index in [1.54, 1.807) is 0 Å². The van der Waals surface area contributed by atoms with Crippen molar-refractivity contribution in [1.29, 1.82) is 0 Å². The summed E-state index contributed by atoms with van der Waals surface area (Å²) in [4.78, 5) is 0. The minimum atomic E-state index is -0.341. The van der Waals surface area contributed by atoms with Crippen LogP contribution in [0.15, 0.2) is 30.3 Å². The number of nitrogens with two attached hydrogens (primary N) is 1. The quantitative estimate of drug-likeness (QED) is 0.841. The van der Waals surface area contributed by atoms with Crippen molar-refractivity contribution in [2.24, 2.45) is 5.73 Å². The van der Waals surface area contributed by atoms with Crippen LogP contribution in [0.4, 0.5) is 0 Å². The van der Waals surface area contributed by atoms with E-state index >= 15 is 0 Å². The van der Waals surface area contributed by atoms with Crippen LogP contribution in [0.3, 0.4) is 0 Å². The maximum atomic E-state index is 9.06.